The van der Waals surface area contributed by atoms with Crippen molar-refractivity contribution in [3.63, 3.8) is 0 Å². The Balaban J connectivity index is 2.44. The molecule has 1 aromatic rings. The van der Waals surface area contributed by atoms with Crippen LogP contribution in [0.1, 0.15) is 13.3 Å². The summed E-state index contributed by atoms with van der Waals surface area (Å²) < 4.78 is 25.6. The Morgan fingerprint density at radius 2 is 2.11 bits per heavy atom. The standard InChI is InChI=1S/C13H18F2N2O2/c1-9(18)5-6-17(2)8-13(19)16-10-3-4-11(14)12(15)7-10/h3-4,7,9,18H,5-6,8H2,1-2H3,(H,16,19). The first-order valence-corrected chi connectivity index (χ1v) is 6.00. The highest BCUT2D eigenvalue weighted by molar-refractivity contribution is 5.92. The Labute approximate surface area is 111 Å². The van der Waals surface area contributed by atoms with Gasteiger partial charge in [-0.3, -0.25) is 9.69 Å². The SMILES string of the molecule is CC(O)CCN(C)CC(=O)Nc1ccc(F)c(F)c1. The lowest BCUT2D eigenvalue weighted by atomic mass is 10.2. The number of rotatable bonds is 6. The lowest BCUT2D eigenvalue weighted by Gasteiger charge is -2.17. The van der Waals surface area contributed by atoms with Crippen molar-refractivity contribution in [2.45, 2.75) is 19.4 Å². The lowest BCUT2D eigenvalue weighted by Crippen LogP contribution is -2.32. The topological polar surface area (TPSA) is 52.6 Å². The van der Waals surface area contributed by atoms with E-state index in [4.69, 9.17) is 5.11 Å². The van der Waals surface area contributed by atoms with Crippen molar-refractivity contribution in [2.75, 3.05) is 25.5 Å². The maximum atomic E-state index is 12.9. The number of likely N-dealkylation sites (N-methyl/N-ethyl adjacent to an activating group) is 1. The van der Waals surface area contributed by atoms with E-state index in [0.717, 1.165) is 12.1 Å². The van der Waals surface area contributed by atoms with Crippen LogP contribution in [0, 0.1) is 11.6 Å². The Morgan fingerprint density at radius 3 is 2.68 bits per heavy atom. The summed E-state index contributed by atoms with van der Waals surface area (Å²) in [5.41, 5.74) is 0.216. The summed E-state index contributed by atoms with van der Waals surface area (Å²) in [5, 5.41) is 11.6. The van der Waals surface area contributed by atoms with E-state index in [1.807, 2.05) is 0 Å². The zero-order valence-corrected chi connectivity index (χ0v) is 11.0. The summed E-state index contributed by atoms with van der Waals surface area (Å²) >= 11 is 0. The van der Waals surface area contributed by atoms with Crippen LogP contribution in [0.25, 0.3) is 0 Å². The second-order valence-electron chi connectivity index (χ2n) is 4.55. The number of nitrogens with zero attached hydrogens (tertiary/aromatic N) is 1. The molecule has 0 saturated carbocycles. The van der Waals surface area contributed by atoms with E-state index in [2.05, 4.69) is 5.32 Å². The number of carbonyl (C=O) groups is 1. The van der Waals surface area contributed by atoms with Crippen molar-refractivity contribution >= 4 is 11.6 Å². The number of hydrogen-bond acceptors (Lipinski definition) is 3. The summed E-state index contributed by atoms with van der Waals surface area (Å²) in [6.45, 7) is 2.36. The van der Waals surface area contributed by atoms with Gasteiger partial charge in [0.1, 0.15) is 0 Å². The van der Waals surface area contributed by atoms with E-state index in [-0.39, 0.29) is 18.1 Å². The minimum absolute atomic E-state index is 0.117. The van der Waals surface area contributed by atoms with E-state index < -0.39 is 17.7 Å². The molecule has 1 amide bonds. The molecule has 1 aromatic carbocycles. The number of benzene rings is 1. The summed E-state index contributed by atoms with van der Waals surface area (Å²) in [5.74, 6) is -2.27. The van der Waals surface area contributed by atoms with E-state index in [1.54, 1.807) is 18.9 Å². The van der Waals surface area contributed by atoms with Gasteiger partial charge in [-0.1, -0.05) is 0 Å². The van der Waals surface area contributed by atoms with Gasteiger partial charge in [-0.2, -0.15) is 0 Å². The summed E-state index contributed by atoms with van der Waals surface area (Å²) in [6.07, 6.45) is 0.145. The second-order valence-corrected chi connectivity index (χ2v) is 4.55. The molecule has 1 unspecified atom stereocenters. The number of halogens is 2. The van der Waals surface area contributed by atoms with Crippen molar-refractivity contribution in [3.8, 4) is 0 Å². The first-order valence-electron chi connectivity index (χ1n) is 6.00. The molecule has 0 aliphatic rings. The Hall–Kier alpha value is -1.53. The van der Waals surface area contributed by atoms with E-state index >= 15 is 0 Å². The van der Waals surface area contributed by atoms with Gasteiger partial charge >= 0.3 is 0 Å². The smallest absolute Gasteiger partial charge is 0.238 e. The fourth-order valence-electron chi connectivity index (χ4n) is 1.51. The van der Waals surface area contributed by atoms with Gasteiger partial charge in [0.25, 0.3) is 0 Å². The molecule has 19 heavy (non-hydrogen) atoms. The van der Waals surface area contributed by atoms with Gasteiger partial charge < -0.3 is 10.4 Å². The van der Waals surface area contributed by atoms with Gasteiger partial charge in [-0.05, 0) is 32.5 Å². The van der Waals surface area contributed by atoms with Crippen molar-refractivity contribution in [2.24, 2.45) is 0 Å². The molecule has 0 aromatic heterocycles. The van der Waals surface area contributed by atoms with Crippen LogP contribution in [0.2, 0.25) is 0 Å². The molecule has 2 N–H and O–H groups in total. The molecule has 0 aliphatic heterocycles. The van der Waals surface area contributed by atoms with Crippen LogP contribution < -0.4 is 5.32 Å². The van der Waals surface area contributed by atoms with Crippen molar-refractivity contribution in [1.29, 1.82) is 0 Å². The first-order chi connectivity index (χ1) is 8.88. The molecular weight excluding hydrogens is 254 g/mol. The van der Waals surface area contributed by atoms with Crippen LogP contribution in [0.15, 0.2) is 18.2 Å². The van der Waals surface area contributed by atoms with E-state index in [9.17, 15) is 13.6 Å². The highest BCUT2D eigenvalue weighted by Crippen LogP contribution is 2.12. The van der Waals surface area contributed by atoms with Gasteiger partial charge in [-0.15, -0.1) is 0 Å². The van der Waals surface area contributed by atoms with Crippen molar-refractivity contribution in [3.05, 3.63) is 29.8 Å². The molecule has 0 spiro atoms. The summed E-state index contributed by atoms with van der Waals surface area (Å²) in [6, 6.07) is 3.19. The third-order valence-electron chi connectivity index (χ3n) is 2.55. The van der Waals surface area contributed by atoms with Crippen molar-refractivity contribution < 1.29 is 18.7 Å². The monoisotopic (exact) mass is 272 g/mol. The number of hydrogen-bond donors (Lipinski definition) is 2. The van der Waals surface area contributed by atoms with Crippen LogP contribution >= 0.6 is 0 Å². The molecular formula is C13H18F2N2O2. The van der Waals surface area contributed by atoms with Crippen LogP contribution in [-0.4, -0.2) is 42.2 Å². The maximum absolute atomic E-state index is 12.9. The number of amides is 1. The van der Waals surface area contributed by atoms with Crippen LogP contribution in [0.3, 0.4) is 0 Å². The molecule has 1 atom stereocenters. The predicted molar refractivity (Wildman–Crippen MR) is 68.8 cm³/mol. The molecule has 0 aliphatic carbocycles. The molecule has 0 saturated heterocycles. The molecule has 0 heterocycles. The second kappa shape index (κ2) is 7.16. The Kier molecular flexibility index (Phi) is 5.85. The third-order valence-corrected chi connectivity index (χ3v) is 2.55. The highest BCUT2D eigenvalue weighted by Gasteiger charge is 2.09. The number of carbonyl (C=O) groups excluding carboxylic acids is 1. The van der Waals surface area contributed by atoms with Gasteiger partial charge in [0.2, 0.25) is 5.91 Å². The number of aliphatic hydroxyl groups is 1. The van der Waals surface area contributed by atoms with Gasteiger partial charge in [0.05, 0.1) is 12.6 Å². The fourth-order valence-corrected chi connectivity index (χ4v) is 1.51. The van der Waals surface area contributed by atoms with Crippen LogP contribution in [-0.2, 0) is 4.79 Å². The average molecular weight is 272 g/mol. The summed E-state index contributed by atoms with van der Waals surface area (Å²) in [4.78, 5) is 13.4. The number of anilines is 1. The molecule has 6 heteroatoms. The highest BCUT2D eigenvalue weighted by atomic mass is 19.2. The molecule has 106 valence electrons. The molecule has 1 rings (SSSR count). The fraction of sp³-hybridized carbons (Fsp3) is 0.462. The molecule has 4 nitrogen and oxygen atoms in total. The van der Waals surface area contributed by atoms with Gasteiger partial charge in [0, 0.05) is 18.3 Å². The summed E-state index contributed by atoms with van der Waals surface area (Å²) in [7, 11) is 1.74. The molecule has 0 fully saturated rings. The van der Waals surface area contributed by atoms with Crippen LogP contribution in [0.4, 0.5) is 14.5 Å². The molecule has 0 bridgehead atoms. The predicted octanol–water partition coefficient (Wildman–Crippen LogP) is 1.61. The number of nitrogens with one attached hydrogen (secondary N) is 1. The zero-order chi connectivity index (χ0) is 14.4. The Morgan fingerprint density at radius 1 is 1.42 bits per heavy atom. The third kappa shape index (κ3) is 5.76. The van der Waals surface area contributed by atoms with E-state index in [1.165, 1.54) is 6.07 Å². The zero-order valence-electron chi connectivity index (χ0n) is 11.0. The Bertz CT molecular complexity index is 439. The van der Waals surface area contributed by atoms with E-state index in [0.29, 0.717) is 13.0 Å². The number of aliphatic hydroxyl groups excluding tert-OH is 1. The quantitative estimate of drug-likeness (QED) is 0.827. The van der Waals surface area contributed by atoms with Crippen molar-refractivity contribution in [1.82, 2.24) is 4.90 Å². The van der Waals surface area contributed by atoms with Crippen LogP contribution in [0.5, 0.6) is 0 Å². The minimum atomic E-state index is -1.000. The average Bonchev–Trinajstić information content (AvgIpc) is 2.31. The maximum Gasteiger partial charge on any atom is 0.238 e. The molecule has 0 radical (unpaired) electrons. The first kappa shape index (κ1) is 15.5. The lowest BCUT2D eigenvalue weighted by molar-refractivity contribution is -0.117. The minimum Gasteiger partial charge on any atom is -0.393 e. The largest absolute Gasteiger partial charge is 0.393 e. The van der Waals surface area contributed by atoms with Gasteiger partial charge in [0.15, 0.2) is 11.6 Å². The van der Waals surface area contributed by atoms with Gasteiger partial charge in [-0.25, -0.2) is 8.78 Å². The normalized spacial score (nSPS) is 12.5.